The van der Waals surface area contributed by atoms with Gasteiger partial charge in [-0.15, -0.1) is 0 Å². The van der Waals surface area contributed by atoms with Crippen molar-refractivity contribution in [3.05, 3.63) is 28.4 Å². The van der Waals surface area contributed by atoms with E-state index < -0.39 is 39.3 Å². The van der Waals surface area contributed by atoms with Gasteiger partial charge >= 0.3 is 11.8 Å². The third-order valence-corrected chi connectivity index (χ3v) is 4.61. The van der Waals surface area contributed by atoms with Gasteiger partial charge in [-0.1, -0.05) is 0 Å². The fourth-order valence-electron chi connectivity index (χ4n) is 1.51. The van der Waals surface area contributed by atoms with Gasteiger partial charge in [-0.3, -0.25) is 4.79 Å². The van der Waals surface area contributed by atoms with E-state index in [0.29, 0.717) is 0 Å². The Bertz CT molecular complexity index is 626. The third-order valence-electron chi connectivity index (χ3n) is 2.60. The van der Waals surface area contributed by atoms with Gasteiger partial charge in [-0.2, -0.15) is 4.31 Å². The maximum Gasteiger partial charge on any atom is 0.363 e. The number of carbonyl (C=O) groups is 1. The highest BCUT2D eigenvalue weighted by Gasteiger charge is 2.30. The summed E-state index contributed by atoms with van der Waals surface area (Å²) in [7, 11) is -2.85. The highest BCUT2D eigenvalue weighted by molar-refractivity contribution is 7.89. The molecule has 0 aromatic carbocycles. The average Bonchev–Trinajstić information content (AvgIpc) is 2.43. The van der Waals surface area contributed by atoms with Crippen LogP contribution in [0.2, 0.25) is 0 Å². The molecule has 0 aliphatic carbocycles. The SMILES string of the molecule is COC(=O)CN(C(C)C)S(=O)(=O)c1ccc([N+](=O)[O-])nc1. The van der Waals surface area contributed by atoms with E-state index in [4.69, 9.17) is 0 Å². The number of hydrogen-bond donors (Lipinski definition) is 0. The number of carbonyl (C=O) groups excluding carboxylic acids is 1. The fraction of sp³-hybridized carbons (Fsp3) is 0.455. The molecular weight excluding hydrogens is 302 g/mol. The Hall–Kier alpha value is -2.07. The van der Waals surface area contributed by atoms with E-state index in [1.54, 1.807) is 13.8 Å². The molecule has 1 heterocycles. The summed E-state index contributed by atoms with van der Waals surface area (Å²) in [4.78, 5) is 24.3. The average molecular weight is 317 g/mol. The highest BCUT2D eigenvalue weighted by Crippen LogP contribution is 2.19. The van der Waals surface area contributed by atoms with E-state index in [2.05, 4.69) is 9.72 Å². The first-order valence-corrected chi connectivity index (χ1v) is 7.33. The lowest BCUT2D eigenvalue weighted by Crippen LogP contribution is -2.41. The van der Waals surface area contributed by atoms with E-state index in [1.165, 1.54) is 0 Å². The molecule has 0 radical (unpaired) electrons. The first-order valence-electron chi connectivity index (χ1n) is 5.89. The summed E-state index contributed by atoms with van der Waals surface area (Å²) in [5.74, 6) is -1.17. The Morgan fingerprint density at radius 3 is 2.48 bits per heavy atom. The summed E-state index contributed by atoms with van der Waals surface area (Å²) in [6.07, 6.45) is 0.889. The van der Waals surface area contributed by atoms with Crippen LogP contribution in [0.1, 0.15) is 13.8 Å². The number of rotatable bonds is 6. The van der Waals surface area contributed by atoms with Gasteiger partial charge in [0.25, 0.3) is 0 Å². The second-order valence-electron chi connectivity index (χ2n) is 4.33. The molecule has 0 amide bonds. The van der Waals surface area contributed by atoms with E-state index >= 15 is 0 Å². The molecule has 0 atom stereocenters. The summed E-state index contributed by atoms with van der Waals surface area (Å²) >= 11 is 0. The van der Waals surface area contributed by atoms with Crippen molar-refractivity contribution in [3.63, 3.8) is 0 Å². The molecule has 1 aromatic heterocycles. The van der Waals surface area contributed by atoms with Crippen molar-refractivity contribution in [1.82, 2.24) is 9.29 Å². The fourth-order valence-corrected chi connectivity index (χ4v) is 3.03. The summed E-state index contributed by atoms with van der Waals surface area (Å²) in [6, 6.07) is 1.57. The van der Waals surface area contributed by atoms with Crippen molar-refractivity contribution in [3.8, 4) is 0 Å². The number of methoxy groups -OCH3 is 1. The first kappa shape index (κ1) is 17.0. The molecule has 0 saturated carbocycles. The molecule has 10 heteroatoms. The van der Waals surface area contributed by atoms with Crippen LogP contribution in [-0.4, -0.2) is 48.3 Å². The lowest BCUT2D eigenvalue weighted by Gasteiger charge is -2.24. The molecule has 0 spiro atoms. The minimum atomic E-state index is -4.00. The topological polar surface area (TPSA) is 120 Å². The molecule has 0 aliphatic heterocycles. The Labute approximate surface area is 121 Å². The molecule has 0 bridgehead atoms. The van der Waals surface area contributed by atoms with Gasteiger partial charge in [-0.25, -0.2) is 8.42 Å². The molecule has 0 saturated heterocycles. The maximum atomic E-state index is 12.4. The summed E-state index contributed by atoms with van der Waals surface area (Å²) in [5, 5.41) is 10.5. The van der Waals surface area contributed by atoms with Gasteiger partial charge in [-0.05, 0) is 29.8 Å². The standard InChI is InChI=1S/C11H15N3O6S/c1-8(2)13(7-11(15)20-3)21(18,19)9-4-5-10(12-6-9)14(16)17/h4-6,8H,7H2,1-3H3. The minimum Gasteiger partial charge on any atom is -0.468 e. The maximum absolute atomic E-state index is 12.4. The van der Waals surface area contributed by atoms with Crippen molar-refractivity contribution in [1.29, 1.82) is 0 Å². The van der Waals surface area contributed by atoms with Gasteiger partial charge in [0.1, 0.15) is 11.4 Å². The molecule has 1 aromatic rings. The van der Waals surface area contributed by atoms with Crippen molar-refractivity contribution < 1.29 is 22.9 Å². The predicted octanol–water partition coefficient (Wildman–Crippen LogP) is 0.562. The summed E-state index contributed by atoms with van der Waals surface area (Å²) in [6.45, 7) is 2.74. The quantitative estimate of drug-likeness (QED) is 0.427. The van der Waals surface area contributed by atoms with Crippen LogP contribution in [0.5, 0.6) is 0 Å². The lowest BCUT2D eigenvalue weighted by atomic mass is 10.4. The third kappa shape index (κ3) is 3.95. The van der Waals surface area contributed by atoms with E-state index in [0.717, 1.165) is 29.7 Å². The number of hydrogen-bond acceptors (Lipinski definition) is 7. The monoisotopic (exact) mass is 317 g/mol. The predicted molar refractivity (Wildman–Crippen MR) is 71.9 cm³/mol. The van der Waals surface area contributed by atoms with Gasteiger partial charge in [0.15, 0.2) is 6.20 Å². The van der Waals surface area contributed by atoms with E-state index in [1.807, 2.05) is 0 Å². The molecule has 0 N–H and O–H groups in total. The van der Waals surface area contributed by atoms with E-state index in [9.17, 15) is 23.3 Å². The number of sulfonamides is 1. The molecule has 21 heavy (non-hydrogen) atoms. The summed E-state index contributed by atoms with van der Waals surface area (Å²) in [5.41, 5.74) is 0. The van der Waals surface area contributed by atoms with Crippen LogP contribution in [0.3, 0.4) is 0 Å². The van der Waals surface area contributed by atoms with Gasteiger partial charge in [0, 0.05) is 12.1 Å². The van der Waals surface area contributed by atoms with Gasteiger partial charge in [0.2, 0.25) is 10.0 Å². The number of esters is 1. The van der Waals surface area contributed by atoms with Crippen LogP contribution >= 0.6 is 0 Å². The molecule has 0 aliphatic rings. The Kier molecular flexibility index (Phi) is 5.33. The van der Waals surface area contributed by atoms with Gasteiger partial charge in [0.05, 0.1) is 7.11 Å². The molecule has 1 rings (SSSR count). The second-order valence-corrected chi connectivity index (χ2v) is 6.22. The number of ether oxygens (including phenoxy) is 1. The Morgan fingerprint density at radius 2 is 2.10 bits per heavy atom. The summed E-state index contributed by atoms with van der Waals surface area (Å²) < 4.78 is 30.2. The van der Waals surface area contributed by atoms with Crippen molar-refractivity contribution in [2.45, 2.75) is 24.8 Å². The van der Waals surface area contributed by atoms with Crippen LogP contribution in [0.25, 0.3) is 0 Å². The minimum absolute atomic E-state index is 0.231. The molecule has 9 nitrogen and oxygen atoms in total. The molecule has 0 unspecified atom stereocenters. The van der Waals surface area contributed by atoms with Crippen molar-refractivity contribution in [2.75, 3.05) is 13.7 Å². The first-order chi connectivity index (χ1) is 9.70. The molecular formula is C11H15N3O6S. The number of nitro groups is 1. The molecule has 116 valence electrons. The van der Waals surface area contributed by atoms with Crippen LogP contribution < -0.4 is 0 Å². The van der Waals surface area contributed by atoms with Crippen LogP contribution in [0, 0.1) is 10.1 Å². The van der Waals surface area contributed by atoms with Crippen molar-refractivity contribution in [2.24, 2.45) is 0 Å². The van der Waals surface area contributed by atoms with Crippen LogP contribution in [0.4, 0.5) is 5.82 Å². The zero-order valence-corrected chi connectivity index (χ0v) is 12.5. The van der Waals surface area contributed by atoms with Crippen LogP contribution in [-0.2, 0) is 19.6 Å². The molecule has 0 fully saturated rings. The van der Waals surface area contributed by atoms with Gasteiger partial charge < -0.3 is 14.9 Å². The lowest BCUT2D eigenvalue weighted by molar-refractivity contribution is -0.389. The van der Waals surface area contributed by atoms with Crippen molar-refractivity contribution >= 4 is 21.8 Å². The highest BCUT2D eigenvalue weighted by atomic mass is 32.2. The second kappa shape index (κ2) is 6.59. The number of pyridine rings is 1. The normalized spacial score (nSPS) is 11.7. The number of aromatic nitrogens is 1. The smallest absolute Gasteiger partial charge is 0.363 e. The Morgan fingerprint density at radius 1 is 1.48 bits per heavy atom. The zero-order valence-electron chi connectivity index (χ0n) is 11.7. The van der Waals surface area contributed by atoms with Crippen LogP contribution in [0.15, 0.2) is 23.2 Å². The number of nitrogens with zero attached hydrogens (tertiary/aromatic N) is 3. The zero-order chi connectivity index (χ0) is 16.2. The van der Waals surface area contributed by atoms with E-state index in [-0.39, 0.29) is 4.90 Å². The Balaban J connectivity index is 3.16. The largest absolute Gasteiger partial charge is 0.468 e.